The lowest BCUT2D eigenvalue weighted by Crippen LogP contribution is -2.63. The van der Waals surface area contributed by atoms with Gasteiger partial charge in [-0.05, 0) is 56.2 Å². The fourth-order valence-corrected chi connectivity index (χ4v) is 7.46. The number of hydrogen-bond acceptors (Lipinski definition) is 6. The Morgan fingerprint density at radius 1 is 1.12 bits per heavy atom. The predicted octanol–water partition coefficient (Wildman–Crippen LogP) is 1.29. The maximum atomic E-state index is 13.0. The number of hydrazine groups is 2. The maximum absolute atomic E-state index is 13.0. The minimum atomic E-state index is -3.29. The molecule has 0 aromatic heterocycles. The summed E-state index contributed by atoms with van der Waals surface area (Å²) in [7, 11) is -3.29. The topological polar surface area (TPSA) is 93.8 Å². The van der Waals surface area contributed by atoms with Gasteiger partial charge in [-0.1, -0.05) is 23.7 Å². The molecule has 0 radical (unpaired) electrons. The second-order valence-electron chi connectivity index (χ2n) is 9.93. The van der Waals surface area contributed by atoms with Gasteiger partial charge in [0, 0.05) is 54.6 Å². The van der Waals surface area contributed by atoms with Crippen molar-refractivity contribution in [2.75, 3.05) is 31.9 Å². The third-order valence-corrected chi connectivity index (χ3v) is 9.90. The smallest absolute Gasteiger partial charge is 0.225 e. The van der Waals surface area contributed by atoms with E-state index in [2.05, 4.69) is 16.4 Å². The molecule has 3 saturated heterocycles. The molecule has 1 amide bonds. The summed E-state index contributed by atoms with van der Waals surface area (Å²) < 4.78 is 27.3. The summed E-state index contributed by atoms with van der Waals surface area (Å²) in [6, 6.07) is 8.10. The Morgan fingerprint density at radius 2 is 1.88 bits per heavy atom. The van der Waals surface area contributed by atoms with Gasteiger partial charge in [-0.25, -0.2) is 23.6 Å². The van der Waals surface area contributed by atoms with E-state index in [1.165, 1.54) is 0 Å². The summed E-state index contributed by atoms with van der Waals surface area (Å²) in [6.45, 7) is 2.65. The van der Waals surface area contributed by atoms with E-state index in [1.54, 1.807) is 10.4 Å². The first-order valence-corrected chi connectivity index (χ1v) is 13.6. The standard InChI is InChI=1S/C22H32ClN5O3S/c23-18-3-1-2-16(12-18)6-11-32(30,31)28-9-7-22(8-10-28)14-27(15-22)21(29)17-4-5-19-20(13-17)25-26-24-19/h1-3,12,17,19-20,24-26H,4-11,13-15H2. The van der Waals surface area contributed by atoms with Gasteiger partial charge in [-0.2, -0.15) is 5.53 Å². The molecule has 3 aliphatic heterocycles. The SMILES string of the molecule is O=C(C1CCC2NNNC2C1)N1CC2(CCN(S(=O)(=O)CCc3cccc(Cl)c3)CC2)C1. The van der Waals surface area contributed by atoms with Crippen LogP contribution in [0.15, 0.2) is 24.3 Å². The van der Waals surface area contributed by atoms with Gasteiger partial charge in [0.05, 0.1) is 5.75 Å². The Kier molecular flexibility index (Phi) is 6.24. The number of likely N-dealkylation sites (tertiary alicyclic amines) is 1. The highest BCUT2D eigenvalue weighted by atomic mass is 35.5. The molecular formula is C22H32ClN5O3S. The molecule has 176 valence electrons. The lowest BCUT2D eigenvalue weighted by molar-refractivity contribution is -0.151. The Bertz CT molecular complexity index is 958. The Labute approximate surface area is 195 Å². The van der Waals surface area contributed by atoms with Crippen LogP contribution in [0, 0.1) is 11.3 Å². The molecule has 5 rings (SSSR count). The molecular weight excluding hydrogens is 450 g/mol. The van der Waals surface area contributed by atoms with E-state index in [4.69, 9.17) is 11.6 Å². The summed E-state index contributed by atoms with van der Waals surface area (Å²) in [6.07, 6.45) is 4.93. The number of benzene rings is 1. The number of sulfonamides is 1. The Morgan fingerprint density at radius 3 is 2.62 bits per heavy atom. The maximum Gasteiger partial charge on any atom is 0.225 e. The fraction of sp³-hybridized carbons (Fsp3) is 0.682. The van der Waals surface area contributed by atoms with Crippen molar-refractivity contribution in [2.24, 2.45) is 11.3 Å². The third kappa shape index (κ3) is 4.56. The molecule has 32 heavy (non-hydrogen) atoms. The van der Waals surface area contributed by atoms with E-state index < -0.39 is 10.0 Å². The highest BCUT2D eigenvalue weighted by molar-refractivity contribution is 7.89. The summed E-state index contributed by atoms with van der Waals surface area (Å²) >= 11 is 6.01. The van der Waals surface area contributed by atoms with Crippen molar-refractivity contribution in [1.29, 1.82) is 0 Å². The molecule has 1 aliphatic carbocycles. The molecule has 8 nitrogen and oxygen atoms in total. The Balaban J connectivity index is 1.09. The first-order valence-electron chi connectivity index (χ1n) is 11.6. The largest absolute Gasteiger partial charge is 0.341 e. The number of fused-ring (bicyclic) bond motifs is 1. The lowest BCUT2D eigenvalue weighted by Gasteiger charge is -2.54. The minimum Gasteiger partial charge on any atom is -0.341 e. The van der Waals surface area contributed by atoms with Crippen LogP contribution in [-0.4, -0.2) is 67.5 Å². The second kappa shape index (κ2) is 8.85. The number of rotatable bonds is 5. The van der Waals surface area contributed by atoms with Crippen LogP contribution >= 0.6 is 11.6 Å². The quantitative estimate of drug-likeness (QED) is 0.586. The van der Waals surface area contributed by atoms with Crippen molar-refractivity contribution < 1.29 is 13.2 Å². The van der Waals surface area contributed by atoms with Crippen molar-refractivity contribution >= 4 is 27.5 Å². The lowest BCUT2D eigenvalue weighted by atomic mass is 9.71. The van der Waals surface area contributed by atoms with Crippen LogP contribution in [-0.2, 0) is 21.2 Å². The molecule has 0 bridgehead atoms. The molecule has 3 heterocycles. The van der Waals surface area contributed by atoms with Crippen LogP contribution in [0.5, 0.6) is 0 Å². The predicted molar refractivity (Wildman–Crippen MR) is 123 cm³/mol. The zero-order chi connectivity index (χ0) is 22.3. The van der Waals surface area contributed by atoms with Crippen LogP contribution < -0.4 is 16.4 Å². The van der Waals surface area contributed by atoms with Gasteiger partial charge in [-0.3, -0.25) is 4.79 Å². The fourth-order valence-electron chi connectivity index (χ4n) is 5.76. The molecule has 10 heteroatoms. The highest BCUT2D eigenvalue weighted by Gasteiger charge is 2.49. The second-order valence-corrected chi connectivity index (χ2v) is 12.5. The Hall–Kier alpha value is -1.23. The number of piperidine rings is 1. The monoisotopic (exact) mass is 481 g/mol. The zero-order valence-corrected chi connectivity index (χ0v) is 19.8. The van der Waals surface area contributed by atoms with Crippen molar-refractivity contribution in [1.82, 2.24) is 25.6 Å². The third-order valence-electron chi connectivity index (χ3n) is 7.79. The van der Waals surface area contributed by atoms with Gasteiger partial charge < -0.3 is 4.90 Å². The number of halogens is 1. The number of aryl methyl sites for hydroxylation is 1. The summed E-state index contributed by atoms with van der Waals surface area (Å²) in [4.78, 5) is 15.0. The van der Waals surface area contributed by atoms with Gasteiger partial charge >= 0.3 is 0 Å². The first-order chi connectivity index (χ1) is 15.3. The minimum absolute atomic E-state index is 0.0924. The normalized spacial score (nSPS) is 30.2. The molecule has 1 spiro atoms. The number of carbonyl (C=O) groups is 1. The van der Waals surface area contributed by atoms with Gasteiger partial charge in [0.25, 0.3) is 0 Å². The first kappa shape index (κ1) is 22.6. The van der Waals surface area contributed by atoms with Crippen LogP contribution in [0.4, 0.5) is 0 Å². The molecule has 3 atom stereocenters. The summed E-state index contributed by atoms with van der Waals surface area (Å²) in [5.41, 5.74) is 10.4. The number of nitrogens with zero attached hydrogens (tertiary/aromatic N) is 2. The van der Waals surface area contributed by atoms with Gasteiger partial charge in [-0.15, -0.1) is 0 Å². The number of carbonyl (C=O) groups excluding carboxylic acids is 1. The molecule has 1 aromatic rings. The van der Waals surface area contributed by atoms with Gasteiger partial charge in [0.1, 0.15) is 0 Å². The van der Waals surface area contributed by atoms with E-state index in [0.717, 1.165) is 50.8 Å². The molecule has 3 unspecified atom stereocenters. The number of hydrogen-bond donors (Lipinski definition) is 3. The summed E-state index contributed by atoms with van der Waals surface area (Å²) in [5.74, 6) is 0.473. The van der Waals surface area contributed by atoms with Crippen LogP contribution in [0.3, 0.4) is 0 Å². The van der Waals surface area contributed by atoms with E-state index >= 15 is 0 Å². The van der Waals surface area contributed by atoms with Gasteiger partial charge in [0.2, 0.25) is 15.9 Å². The zero-order valence-electron chi connectivity index (χ0n) is 18.2. The molecule has 4 fully saturated rings. The van der Waals surface area contributed by atoms with Crippen LogP contribution in [0.2, 0.25) is 5.02 Å². The van der Waals surface area contributed by atoms with E-state index in [9.17, 15) is 13.2 Å². The van der Waals surface area contributed by atoms with Crippen molar-refractivity contribution in [3.8, 4) is 0 Å². The highest BCUT2D eigenvalue weighted by Crippen LogP contribution is 2.42. The van der Waals surface area contributed by atoms with Gasteiger partial charge in [0.15, 0.2) is 0 Å². The number of nitrogens with one attached hydrogen (secondary N) is 3. The van der Waals surface area contributed by atoms with Crippen LogP contribution in [0.1, 0.15) is 37.7 Å². The average Bonchev–Trinajstić information content (AvgIpc) is 3.24. The van der Waals surface area contributed by atoms with Crippen molar-refractivity contribution in [3.63, 3.8) is 0 Å². The number of amides is 1. The molecule has 1 aromatic carbocycles. The van der Waals surface area contributed by atoms with E-state index in [1.807, 2.05) is 23.1 Å². The summed E-state index contributed by atoms with van der Waals surface area (Å²) in [5, 5.41) is 0.629. The van der Waals surface area contributed by atoms with E-state index in [0.29, 0.717) is 36.6 Å². The van der Waals surface area contributed by atoms with E-state index in [-0.39, 0.29) is 23.0 Å². The molecule has 1 saturated carbocycles. The van der Waals surface area contributed by atoms with Crippen LogP contribution in [0.25, 0.3) is 0 Å². The van der Waals surface area contributed by atoms with Crippen molar-refractivity contribution in [2.45, 2.75) is 50.6 Å². The molecule has 3 N–H and O–H groups in total. The average molecular weight is 482 g/mol. The van der Waals surface area contributed by atoms with Crippen molar-refractivity contribution in [3.05, 3.63) is 34.9 Å². The molecule has 4 aliphatic rings.